The number of hydrogen-bond donors (Lipinski definition) is 0. The van der Waals surface area contributed by atoms with Gasteiger partial charge in [-0.1, -0.05) is 59.8 Å². The summed E-state index contributed by atoms with van der Waals surface area (Å²) in [6.07, 6.45) is 1.58. The van der Waals surface area contributed by atoms with Gasteiger partial charge < -0.3 is 9.42 Å². The van der Waals surface area contributed by atoms with Crippen LogP contribution in [0.2, 0.25) is 0 Å². The maximum atomic E-state index is 13.3. The molecule has 1 atom stereocenters. The number of carbonyl (C=O) groups excluding carboxylic acids is 1. The highest BCUT2D eigenvalue weighted by Gasteiger charge is 2.34. The fraction of sp³-hybridized carbons (Fsp3) is 0.222. The largest absolute Gasteiger partial charge is 0.337 e. The number of benzene rings is 3. The van der Waals surface area contributed by atoms with E-state index in [1.54, 1.807) is 59.5 Å². The van der Waals surface area contributed by atoms with E-state index in [1.165, 1.54) is 0 Å². The molecule has 178 valence electrons. The van der Waals surface area contributed by atoms with Gasteiger partial charge in [-0.05, 0) is 55.2 Å². The van der Waals surface area contributed by atoms with E-state index in [0.717, 1.165) is 24.0 Å². The van der Waals surface area contributed by atoms with Crippen molar-refractivity contribution in [1.29, 1.82) is 0 Å². The van der Waals surface area contributed by atoms with Crippen LogP contribution in [0.5, 0.6) is 0 Å². The van der Waals surface area contributed by atoms with Gasteiger partial charge in [0.15, 0.2) is 9.84 Å². The minimum Gasteiger partial charge on any atom is -0.337 e. The Kier molecular flexibility index (Phi) is 6.21. The van der Waals surface area contributed by atoms with E-state index in [4.69, 9.17) is 4.52 Å². The molecule has 1 aliphatic rings. The average Bonchev–Trinajstić information content (AvgIpc) is 3.55. The molecule has 0 aliphatic carbocycles. The first-order chi connectivity index (χ1) is 16.9. The van der Waals surface area contributed by atoms with Crippen molar-refractivity contribution in [3.05, 3.63) is 101 Å². The molecular formula is C27H25N3O4S. The zero-order chi connectivity index (χ0) is 24.4. The second-order valence-electron chi connectivity index (χ2n) is 8.70. The smallest absolute Gasteiger partial charge is 0.254 e. The molecule has 0 radical (unpaired) electrons. The lowest BCUT2D eigenvalue weighted by atomic mass is 10.1. The van der Waals surface area contributed by atoms with Crippen LogP contribution in [0.15, 0.2) is 88.3 Å². The van der Waals surface area contributed by atoms with Gasteiger partial charge >= 0.3 is 0 Å². The molecule has 0 saturated carbocycles. The van der Waals surface area contributed by atoms with Gasteiger partial charge in [0.2, 0.25) is 11.7 Å². The predicted molar refractivity (Wildman–Crippen MR) is 131 cm³/mol. The second-order valence-corrected chi connectivity index (χ2v) is 10.7. The van der Waals surface area contributed by atoms with E-state index in [1.807, 2.05) is 31.2 Å². The molecule has 3 aromatic carbocycles. The molecule has 5 rings (SSSR count). The first-order valence-corrected chi connectivity index (χ1v) is 13.1. The Labute approximate surface area is 204 Å². The summed E-state index contributed by atoms with van der Waals surface area (Å²) in [5.41, 5.74) is 3.08. The molecule has 7 nitrogen and oxygen atoms in total. The normalized spacial score (nSPS) is 15.9. The van der Waals surface area contributed by atoms with E-state index < -0.39 is 9.84 Å². The van der Waals surface area contributed by atoms with E-state index in [0.29, 0.717) is 29.4 Å². The van der Waals surface area contributed by atoms with E-state index >= 15 is 0 Å². The van der Waals surface area contributed by atoms with Crippen LogP contribution in [-0.4, -0.2) is 35.9 Å². The lowest BCUT2D eigenvalue weighted by Gasteiger charge is -2.22. The number of aryl methyl sites for hydroxylation is 1. The van der Waals surface area contributed by atoms with E-state index in [9.17, 15) is 13.2 Å². The number of hydrogen-bond acceptors (Lipinski definition) is 6. The summed E-state index contributed by atoms with van der Waals surface area (Å²) in [6, 6.07) is 22.7. The number of sulfone groups is 1. The summed E-state index contributed by atoms with van der Waals surface area (Å²) in [5, 5.41) is 4.15. The minimum atomic E-state index is -3.45. The highest BCUT2D eigenvalue weighted by molar-refractivity contribution is 7.90. The van der Waals surface area contributed by atoms with E-state index in [-0.39, 0.29) is 22.6 Å². The van der Waals surface area contributed by atoms with Crippen LogP contribution >= 0.6 is 0 Å². The Balaban J connectivity index is 1.32. The number of aromatic nitrogens is 2. The third kappa shape index (κ3) is 4.74. The van der Waals surface area contributed by atoms with Gasteiger partial charge in [0.1, 0.15) is 6.04 Å². The third-order valence-electron chi connectivity index (χ3n) is 6.29. The molecule has 1 saturated heterocycles. The topological polar surface area (TPSA) is 93.4 Å². The molecule has 35 heavy (non-hydrogen) atoms. The summed E-state index contributed by atoms with van der Waals surface area (Å²) in [4.78, 5) is 19.9. The first kappa shape index (κ1) is 23.0. The number of rotatable bonds is 6. The fourth-order valence-electron chi connectivity index (χ4n) is 4.41. The molecule has 1 fully saturated rings. The summed E-state index contributed by atoms with van der Waals surface area (Å²) in [6.45, 7) is 2.58. The summed E-state index contributed by atoms with van der Waals surface area (Å²) in [5.74, 6) is 0.684. The predicted octanol–water partition coefficient (Wildman–Crippen LogP) is 5.00. The van der Waals surface area contributed by atoms with Crippen molar-refractivity contribution in [3.8, 4) is 11.4 Å². The Morgan fingerprint density at radius 3 is 2.46 bits per heavy atom. The minimum absolute atomic E-state index is 0.124. The molecule has 0 unspecified atom stereocenters. The van der Waals surface area contributed by atoms with Gasteiger partial charge in [-0.15, -0.1) is 0 Å². The van der Waals surface area contributed by atoms with Crippen molar-refractivity contribution in [2.45, 2.75) is 36.5 Å². The maximum absolute atomic E-state index is 13.3. The van der Waals surface area contributed by atoms with Crippen molar-refractivity contribution in [2.75, 3.05) is 6.54 Å². The molecule has 8 heteroatoms. The summed E-state index contributed by atoms with van der Waals surface area (Å²) in [7, 11) is -3.45. The SMILES string of the molecule is Cc1ccccc1-c1noc([C@@H]2CCCN2C(=O)c2ccc(CS(=O)(=O)c3ccccc3)cc2)n1. The van der Waals surface area contributed by atoms with Crippen molar-refractivity contribution >= 4 is 15.7 Å². The van der Waals surface area contributed by atoms with Gasteiger partial charge in [-0.3, -0.25) is 4.79 Å². The standard InChI is InChI=1S/C27H25N3O4S/c1-19-8-5-6-11-23(19)25-28-26(34-29-25)24-12-7-17-30(24)27(31)21-15-13-20(14-16-21)18-35(32,33)22-9-3-2-4-10-22/h2-6,8-11,13-16,24H,7,12,17-18H2,1H3/t24-/m0/s1. The van der Waals surface area contributed by atoms with E-state index in [2.05, 4.69) is 10.1 Å². The van der Waals surface area contributed by atoms with Gasteiger partial charge in [0, 0.05) is 17.7 Å². The maximum Gasteiger partial charge on any atom is 0.254 e. The second kappa shape index (κ2) is 9.46. The van der Waals surface area contributed by atoms with Crippen LogP contribution in [-0.2, 0) is 15.6 Å². The van der Waals surface area contributed by atoms with Crippen LogP contribution in [0.1, 0.15) is 46.3 Å². The number of nitrogens with zero attached hydrogens (tertiary/aromatic N) is 3. The highest BCUT2D eigenvalue weighted by Crippen LogP contribution is 2.33. The summed E-state index contributed by atoms with van der Waals surface area (Å²) < 4.78 is 30.9. The number of amides is 1. The third-order valence-corrected chi connectivity index (χ3v) is 7.99. The fourth-order valence-corrected chi connectivity index (χ4v) is 5.78. The Morgan fingerprint density at radius 2 is 1.71 bits per heavy atom. The Bertz CT molecular complexity index is 1450. The molecule has 4 aromatic rings. The highest BCUT2D eigenvalue weighted by atomic mass is 32.2. The Hall–Kier alpha value is -3.78. The zero-order valence-corrected chi connectivity index (χ0v) is 20.1. The molecule has 1 amide bonds. The lowest BCUT2D eigenvalue weighted by Crippen LogP contribution is -2.30. The van der Waals surface area contributed by atoms with Crippen molar-refractivity contribution in [1.82, 2.24) is 15.0 Å². The average molecular weight is 488 g/mol. The molecule has 0 spiro atoms. The van der Waals surface area contributed by atoms with Gasteiger partial charge in [0.25, 0.3) is 5.91 Å². The Morgan fingerprint density at radius 1 is 1.00 bits per heavy atom. The monoisotopic (exact) mass is 487 g/mol. The van der Waals surface area contributed by atoms with Crippen molar-refractivity contribution < 1.29 is 17.7 Å². The zero-order valence-electron chi connectivity index (χ0n) is 19.3. The summed E-state index contributed by atoms with van der Waals surface area (Å²) >= 11 is 0. The lowest BCUT2D eigenvalue weighted by molar-refractivity contribution is 0.0710. The van der Waals surface area contributed by atoms with Gasteiger partial charge in [-0.2, -0.15) is 4.98 Å². The van der Waals surface area contributed by atoms with Crippen LogP contribution < -0.4 is 0 Å². The van der Waals surface area contributed by atoms with Gasteiger partial charge in [-0.25, -0.2) is 8.42 Å². The molecule has 0 N–H and O–H groups in total. The van der Waals surface area contributed by atoms with Crippen molar-refractivity contribution in [2.24, 2.45) is 0 Å². The van der Waals surface area contributed by atoms with Crippen molar-refractivity contribution in [3.63, 3.8) is 0 Å². The van der Waals surface area contributed by atoms with Gasteiger partial charge in [0.05, 0.1) is 10.6 Å². The van der Waals surface area contributed by atoms with Crippen LogP contribution in [0, 0.1) is 6.92 Å². The van der Waals surface area contributed by atoms with Crippen LogP contribution in [0.25, 0.3) is 11.4 Å². The number of likely N-dealkylation sites (tertiary alicyclic amines) is 1. The number of carbonyl (C=O) groups is 1. The molecule has 1 aromatic heterocycles. The molecule has 1 aliphatic heterocycles. The first-order valence-electron chi connectivity index (χ1n) is 11.5. The quantitative estimate of drug-likeness (QED) is 0.380. The van der Waals surface area contributed by atoms with Crippen LogP contribution in [0.3, 0.4) is 0 Å². The molecule has 2 heterocycles. The molecule has 0 bridgehead atoms. The molecular weight excluding hydrogens is 462 g/mol. The van der Waals surface area contributed by atoms with Crippen LogP contribution in [0.4, 0.5) is 0 Å².